The molecule has 0 fully saturated rings. The van der Waals surface area contributed by atoms with Gasteiger partial charge in [-0.15, -0.1) is 0 Å². The molecule has 180 valence electrons. The van der Waals surface area contributed by atoms with Gasteiger partial charge in [-0.25, -0.2) is 4.79 Å². The molecule has 0 aliphatic heterocycles. The number of aliphatic hydroxyl groups excluding tert-OH is 1. The molecule has 1 unspecified atom stereocenters. The van der Waals surface area contributed by atoms with Gasteiger partial charge in [0.15, 0.2) is 0 Å². The summed E-state index contributed by atoms with van der Waals surface area (Å²) in [6, 6.07) is 7.43. The van der Waals surface area contributed by atoms with Crippen LogP contribution in [0.25, 0.3) is 10.9 Å². The lowest BCUT2D eigenvalue weighted by atomic mass is 9.91. The van der Waals surface area contributed by atoms with Gasteiger partial charge in [-0.3, -0.25) is 4.79 Å². The molecule has 7 nitrogen and oxygen atoms in total. The third-order valence-corrected chi connectivity index (χ3v) is 6.27. The molecule has 1 aliphatic carbocycles. The third-order valence-electron chi connectivity index (χ3n) is 5.94. The Bertz CT molecular complexity index is 1270. The Kier molecular flexibility index (Phi) is 6.46. The smallest absolute Gasteiger partial charge is 0.395 e. The van der Waals surface area contributed by atoms with Crippen LogP contribution in [0.15, 0.2) is 36.4 Å². The molecule has 0 radical (unpaired) electrons. The molecule has 11 heteroatoms. The number of aromatic nitrogens is 1. The van der Waals surface area contributed by atoms with Gasteiger partial charge >= 0.3 is 12.2 Å². The number of nitrogens with one attached hydrogen (secondary N) is 2. The van der Waals surface area contributed by atoms with E-state index in [1.807, 2.05) is 4.57 Å². The summed E-state index contributed by atoms with van der Waals surface area (Å²) in [7, 11) is 0. The topological polar surface area (TPSA) is 109 Å². The van der Waals surface area contributed by atoms with Gasteiger partial charge in [-0.2, -0.15) is 13.2 Å². The SMILES string of the molecule is NC(=O)c1ccc2c3c(n(CCO)c2c1)CCC(NC(=O)Nc1ccc(Cl)c(C(F)(F)F)c1)C3. The molecule has 0 spiro atoms. The first kappa shape index (κ1) is 23.9. The summed E-state index contributed by atoms with van der Waals surface area (Å²) >= 11 is 5.63. The van der Waals surface area contributed by atoms with Crippen molar-refractivity contribution in [2.24, 2.45) is 5.73 Å². The first-order valence-electron chi connectivity index (χ1n) is 10.6. The van der Waals surface area contributed by atoms with Gasteiger partial charge in [0.2, 0.25) is 5.91 Å². The number of fused-ring (bicyclic) bond motifs is 3. The second-order valence-corrected chi connectivity index (χ2v) is 8.53. The molecule has 0 bridgehead atoms. The molecule has 1 aliphatic rings. The molecule has 3 aromatic rings. The van der Waals surface area contributed by atoms with E-state index in [-0.39, 0.29) is 18.3 Å². The number of carbonyl (C=O) groups excluding carboxylic acids is 2. The highest BCUT2D eigenvalue weighted by Gasteiger charge is 2.33. The van der Waals surface area contributed by atoms with Gasteiger partial charge < -0.3 is 26.0 Å². The molecule has 5 N–H and O–H groups in total. The average molecular weight is 495 g/mol. The zero-order valence-corrected chi connectivity index (χ0v) is 18.6. The van der Waals surface area contributed by atoms with Gasteiger partial charge in [0.05, 0.1) is 17.2 Å². The summed E-state index contributed by atoms with van der Waals surface area (Å²) in [6.45, 7) is 0.271. The van der Waals surface area contributed by atoms with Crippen LogP contribution in [0.1, 0.15) is 33.6 Å². The van der Waals surface area contributed by atoms with Gasteiger partial charge in [0, 0.05) is 40.4 Å². The molecule has 34 heavy (non-hydrogen) atoms. The number of carbonyl (C=O) groups is 2. The van der Waals surface area contributed by atoms with Crippen LogP contribution in [0.2, 0.25) is 5.02 Å². The quantitative estimate of drug-likeness (QED) is 0.429. The number of urea groups is 1. The van der Waals surface area contributed by atoms with E-state index in [0.29, 0.717) is 31.4 Å². The molecule has 0 saturated heterocycles. The Morgan fingerprint density at radius 1 is 1.21 bits per heavy atom. The highest BCUT2D eigenvalue weighted by molar-refractivity contribution is 6.31. The number of amides is 3. The molecular weight excluding hydrogens is 473 g/mol. The largest absolute Gasteiger partial charge is 0.417 e. The Hall–Kier alpha value is -3.24. The van der Waals surface area contributed by atoms with Crippen molar-refractivity contribution in [3.8, 4) is 0 Å². The number of aliphatic hydroxyl groups is 1. The van der Waals surface area contributed by atoms with E-state index in [2.05, 4.69) is 10.6 Å². The predicted molar refractivity (Wildman–Crippen MR) is 122 cm³/mol. The normalized spacial score (nSPS) is 15.7. The second-order valence-electron chi connectivity index (χ2n) is 8.13. The van der Waals surface area contributed by atoms with Crippen molar-refractivity contribution in [2.75, 3.05) is 11.9 Å². The molecule has 1 atom stereocenters. The standard InChI is InChI=1S/C23H22ClF3N4O3/c24-18-5-2-14(11-17(18)23(25,26)27)30-22(34)29-13-3-6-19-16(10-13)15-4-1-12(21(28)33)9-20(15)31(19)7-8-32/h1-2,4-5,9,11,13,32H,3,6-8,10H2,(H2,28,33)(H2,29,30,34). The molecule has 1 aromatic heterocycles. The molecule has 1 heterocycles. The average Bonchev–Trinajstić information content (AvgIpc) is 3.07. The summed E-state index contributed by atoms with van der Waals surface area (Å²) in [5.41, 5.74) is 7.50. The number of primary amides is 1. The maximum Gasteiger partial charge on any atom is 0.417 e. The maximum absolute atomic E-state index is 13.1. The first-order valence-corrected chi connectivity index (χ1v) is 10.9. The zero-order valence-electron chi connectivity index (χ0n) is 17.9. The van der Waals surface area contributed by atoms with Crippen molar-refractivity contribution >= 4 is 40.1 Å². The van der Waals surface area contributed by atoms with E-state index in [9.17, 15) is 27.9 Å². The number of nitrogens with two attached hydrogens (primary N) is 1. The van der Waals surface area contributed by atoms with Gasteiger partial charge in [0.1, 0.15) is 0 Å². The Morgan fingerprint density at radius 2 is 1.97 bits per heavy atom. The van der Waals surface area contributed by atoms with E-state index in [1.54, 1.807) is 18.2 Å². The molecular formula is C23H22ClF3N4O3. The van der Waals surface area contributed by atoms with E-state index < -0.39 is 28.7 Å². The second kappa shape index (κ2) is 9.19. The van der Waals surface area contributed by atoms with Crippen molar-refractivity contribution in [1.29, 1.82) is 0 Å². The minimum Gasteiger partial charge on any atom is -0.395 e. The van der Waals surface area contributed by atoms with E-state index in [1.165, 1.54) is 6.07 Å². The number of nitrogens with zero attached hydrogens (tertiary/aromatic N) is 1. The van der Waals surface area contributed by atoms with Crippen LogP contribution in [0, 0.1) is 0 Å². The van der Waals surface area contributed by atoms with Crippen molar-refractivity contribution in [1.82, 2.24) is 9.88 Å². The van der Waals surface area contributed by atoms with Crippen LogP contribution in [0.5, 0.6) is 0 Å². The van der Waals surface area contributed by atoms with Crippen molar-refractivity contribution in [2.45, 2.75) is 38.0 Å². The number of halogens is 4. The Morgan fingerprint density at radius 3 is 2.65 bits per heavy atom. The summed E-state index contributed by atoms with van der Waals surface area (Å²) in [5, 5.41) is 15.2. The van der Waals surface area contributed by atoms with Gasteiger partial charge in [0.25, 0.3) is 0 Å². The third kappa shape index (κ3) is 4.69. The number of rotatable bonds is 5. The summed E-state index contributed by atoms with van der Waals surface area (Å²) < 4.78 is 41.2. The number of benzene rings is 2. The number of anilines is 1. The van der Waals surface area contributed by atoms with Crippen LogP contribution in [-0.2, 0) is 25.6 Å². The number of hydrogen-bond donors (Lipinski definition) is 4. The molecule has 3 amide bonds. The van der Waals surface area contributed by atoms with Crippen LogP contribution in [0.4, 0.5) is 23.7 Å². The van der Waals surface area contributed by atoms with E-state index in [4.69, 9.17) is 17.3 Å². The van der Waals surface area contributed by atoms with Crippen molar-refractivity contribution in [3.05, 3.63) is 63.8 Å². The molecule has 0 saturated carbocycles. The van der Waals surface area contributed by atoms with E-state index in [0.717, 1.165) is 34.3 Å². The van der Waals surface area contributed by atoms with Gasteiger partial charge in [-0.1, -0.05) is 17.7 Å². The van der Waals surface area contributed by atoms with Crippen molar-refractivity contribution < 1.29 is 27.9 Å². The summed E-state index contributed by atoms with van der Waals surface area (Å²) in [6.07, 6.45) is -2.94. The lowest BCUT2D eigenvalue weighted by Gasteiger charge is -2.25. The highest BCUT2D eigenvalue weighted by Crippen LogP contribution is 2.36. The minimum atomic E-state index is -4.64. The summed E-state index contributed by atoms with van der Waals surface area (Å²) in [4.78, 5) is 24.1. The van der Waals surface area contributed by atoms with Crippen LogP contribution >= 0.6 is 11.6 Å². The number of alkyl halides is 3. The fourth-order valence-electron chi connectivity index (χ4n) is 4.45. The predicted octanol–water partition coefficient (Wildman–Crippen LogP) is 4.08. The van der Waals surface area contributed by atoms with Gasteiger partial charge in [-0.05, 0) is 55.2 Å². The lowest BCUT2D eigenvalue weighted by Crippen LogP contribution is -2.41. The van der Waals surface area contributed by atoms with Crippen LogP contribution in [-0.4, -0.2) is 34.3 Å². The molecule has 2 aromatic carbocycles. The minimum absolute atomic E-state index is 0.0238. The van der Waals surface area contributed by atoms with Crippen molar-refractivity contribution in [3.63, 3.8) is 0 Å². The van der Waals surface area contributed by atoms with E-state index >= 15 is 0 Å². The monoisotopic (exact) mass is 494 g/mol. The Balaban J connectivity index is 1.53. The van der Waals surface area contributed by atoms with Crippen LogP contribution in [0.3, 0.4) is 0 Å². The highest BCUT2D eigenvalue weighted by atomic mass is 35.5. The zero-order chi connectivity index (χ0) is 24.6. The fourth-order valence-corrected chi connectivity index (χ4v) is 4.68. The lowest BCUT2D eigenvalue weighted by molar-refractivity contribution is -0.137. The number of hydrogen-bond acceptors (Lipinski definition) is 3. The first-order chi connectivity index (χ1) is 16.1. The maximum atomic E-state index is 13.1. The fraction of sp³-hybridized carbons (Fsp3) is 0.304. The molecule has 4 rings (SSSR count). The van der Waals surface area contributed by atoms with Crippen LogP contribution < -0.4 is 16.4 Å². The Labute approximate surface area is 197 Å². The summed E-state index contributed by atoms with van der Waals surface area (Å²) in [5.74, 6) is -0.552.